The summed E-state index contributed by atoms with van der Waals surface area (Å²) in [5.41, 5.74) is 2.62. The van der Waals surface area contributed by atoms with Crippen molar-refractivity contribution in [3.05, 3.63) is 70.8 Å². The van der Waals surface area contributed by atoms with E-state index in [0.29, 0.717) is 6.07 Å². The lowest BCUT2D eigenvalue weighted by molar-refractivity contribution is -0.138. The van der Waals surface area contributed by atoms with Gasteiger partial charge in [0.2, 0.25) is 5.91 Å². The van der Waals surface area contributed by atoms with Crippen molar-refractivity contribution in [2.75, 3.05) is 0 Å². The summed E-state index contributed by atoms with van der Waals surface area (Å²) in [6, 6.07) is 6.32. The van der Waals surface area contributed by atoms with E-state index in [9.17, 15) is 35.9 Å². The van der Waals surface area contributed by atoms with Gasteiger partial charge >= 0.3 is 12.4 Å². The van der Waals surface area contributed by atoms with Gasteiger partial charge in [0.15, 0.2) is 0 Å². The Bertz CT molecular complexity index is 860. The van der Waals surface area contributed by atoms with Crippen molar-refractivity contribution >= 4 is 11.8 Å². The minimum absolute atomic E-state index is 0.237. The predicted octanol–water partition coefficient (Wildman–Crippen LogP) is 3.55. The van der Waals surface area contributed by atoms with E-state index in [1.54, 1.807) is 0 Å². The summed E-state index contributed by atoms with van der Waals surface area (Å²) >= 11 is 0. The van der Waals surface area contributed by atoms with Gasteiger partial charge < -0.3 is 11.1 Å². The Morgan fingerprint density at radius 3 is 1.96 bits per heavy atom. The molecule has 150 valence electrons. The van der Waals surface area contributed by atoms with E-state index in [4.69, 9.17) is 5.73 Å². The van der Waals surface area contributed by atoms with Crippen molar-refractivity contribution in [1.29, 1.82) is 0 Å². The van der Waals surface area contributed by atoms with Crippen LogP contribution in [0.5, 0.6) is 0 Å². The first-order chi connectivity index (χ1) is 12.9. The van der Waals surface area contributed by atoms with Gasteiger partial charge in [0.25, 0.3) is 5.91 Å². The third-order valence-electron chi connectivity index (χ3n) is 3.85. The van der Waals surface area contributed by atoms with Crippen LogP contribution in [-0.2, 0) is 23.6 Å². The molecule has 0 fully saturated rings. The van der Waals surface area contributed by atoms with Crippen molar-refractivity contribution in [1.82, 2.24) is 5.32 Å². The third kappa shape index (κ3) is 5.24. The molecule has 0 saturated carbocycles. The highest BCUT2D eigenvalue weighted by Crippen LogP contribution is 2.32. The highest BCUT2D eigenvalue weighted by atomic mass is 19.4. The first-order valence-electron chi connectivity index (χ1n) is 7.82. The molecule has 0 radical (unpaired) electrons. The number of carbonyl (C=O) groups is 2. The molecule has 0 unspecified atom stereocenters. The van der Waals surface area contributed by atoms with Crippen LogP contribution in [0.2, 0.25) is 0 Å². The first kappa shape index (κ1) is 21.3. The molecular formula is C18H14F6N2O2. The van der Waals surface area contributed by atoms with Gasteiger partial charge in [-0.1, -0.05) is 24.3 Å². The van der Waals surface area contributed by atoms with Gasteiger partial charge in [-0.3, -0.25) is 9.59 Å². The normalized spacial score (nSPS) is 13.1. The number of benzene rings is 2. The minimum atomic E-state index is -4.79. The molecule has 0 saturated heterocycles. The number of primary amides is 1. The molecule has 10 heteroatoms. The third-order valence-corrected chi connectivity index (χ3v) is 3.85. The van der Waals surface area contributed by atoms with Crippen LogP contribution < -0.4 is 11.1 Å². The van der Waals surface area contributed by atoms with Crippen molar-refractivity contribution in [2.24, 2.45) is 5.73 Å². The molecule has 4 nitrogen and oxygen atoms in total. The Balaban J connectivity index is 2.20. The van der Waals surface area contributed by atoms with Crippen LogP contribution >= 0.6 is 0 Å². The minimum Gasteiger partial charge on any atom is -0.368 e. The van der Waals surface area contributed by atoms with Crippen LogP contribution in [0.4, 0.5) is 26.3 Å². The maximum atomic E-state index is 13.0. The molecule has 0 heterocycles. The smallest absolute Gasteiger partial charge is 0.368 e. The molecule has 1 atom stereocenters. The zero-order valence-electron chi connectivity index (χ0n) is 14.1. The SMILES string of the molecule is NC(=O)[C@H](Cc1ccc(C(F)(F)F)cc1)NC(=O)c1ccccc1C(F)(F)F. The van der Waals surface area contributed by atoms with E-state index >= 15 is 0 Å². The number of alkyl halides is 6. The lowest BCUT2D eigenvalue weighted by atomic mass is 10.0. The van der Waals surface area contributed by atoms with Gasteiger partial charge in [-0.15, -0.1) is 0 Å². The molecule has 0 spiro atoms. The Kier molecular flexibility index (Phi) is 6.01. The summed E-state index contributed by atoms with van der Waals surface area (Å²) < 4.78 is 76.8. The Morgan fingerprint density at radius 1 is 0.893 bits per heavy atom. The topological polar surface area (TPSA) is 72.2 Å². The first-order valence-corrected chi connectivity index (χ1v) is 7.82. The molecule has 28 heavy (non-hydrogen) atoms. The number of nitrogens with two attached hydrogens (primary N) is 1. The van der Waals surface area contributed by atoms with E-state index in [-0.39, 0.29) is 12.0 Å². The molecule has 2 rings (SSSR count). The number of halogens is 6. The number of rotatable bonds is 5. The fraction of sp³-hybridized carbons (Fsp3) is 0.222. The van der Waals surface area contributed by atoms with Gasteiger partial charge in [0.1, 0.15) is 6.04 Å². The standard InChI is InChI=1S/C18H14F6N2O2/c19-17(20,21)11-7-5-10(6-8-11)9-14(15(25)27)26-16(28)12-3-1-2-4-13(12)18(22,23)24/h1-8,14H,9H2,(H2,25,27)(H,26,28)/t14-/m0/s1. The van der Waals surface area contributed by atoms with Crippen LogP contribution in [-0.4, -0.2) is 17.9 Å². The summed E-state index contributed by atoms with van der Waals surface area (Å²) in [5.74, 6) is -2.22. The zero-order chi connectivity index (χ0) is 21.1. The fourth-order valence-electron chi connectivity index (χ4n) is 2.45. The van der Waals surface area contributed by atoms with Gasteiger partial charge in [-0.25, -0.2) is 0 Å². The average Bonchev–Trinajstić information content (AvgIpc) is 2.60. The highest BCUT2D eigenvalue weighted by Gasteiger charge is 2.35. The predicted molar refractivity (Wildman–Crippen MR) is 87.0 cm³/mol. The van der Waals surface area contributed by atoms with Crippen molar-refractivity contribution in [3.8, 4) is 0 Å². The van der Waals surface area contributed by atoms with E-state index in [2.05, 4.69) is 5.32 Å². The number of nitrogens with one attached hydrogen (secondary N) is 1. The number of carbonyl (C=O) groups excluding carboxylic acids is 2. The Hall–Kier alpha value is -3.04. The molecule has 2 aromatic rings. The fourth-order valence-corrected chi connectivity index (χ4v) is 2.45. The van der Waals surface area contributed by atoms with Crippen LogP contribution in [0.1, 0.15) is 27.0 Å². The van der Waals surface area contributed by atoms with Crippen LogP contribution in [0.25, 0.3) is 0 Å². The van der Waals surface area contributed by atoms with Gasteiger partial charge in [0, 0.05) is 6.42 Å². The second-order valence-electron chi connectivity index (χ2n) is 5.87. The number of hydrogen-bond acceptors (Lipinski definition) is 2. The summed E-state index contributed by atoms with van der Waals surface area (Å²) in [6.07, 6.45) is -9.62. The molecule has 0 aliphatic rings. The summed E-state index contributed by atoms with van der Waals surface area (Å²) in [5, 5.41) is 2.10. The van der Waals surface area contributed by atoms with Crippen LogP contribution in [0.3, 0.4) is 0 Å². The van der Waals surface area contributed by atoms with E-state index in [0.717, 1.165) is 36.4 Å². The van der Waals surface area contributed by atoms with E-state index < -0.39 is 46.9 Å². The summed E-state index contributed by atoms with van der Waals surface area (Å²) in [4.78, 5) is 23.8. The summed E-state index contributed by atoms with van der Waals surface area (Å²) in [7, 11) is 0. The highest BCUT2D eigenvalue weighted by molar-refractivity contribution is 5.98. The number of amides is 2. The molecule has 0 aliphatic carbocycles. The van der Waals surface area contributed by atoms with Crippen LogP contribution in [0, 0.1) is 0 Å². The quantitative estimate of drug-likeness (QED) is 0.749. The second-order valence-corrected chi connectivity index (χ2v) is 5.87. The maximum Gasteiger partial charge on any atom is 0.417 e. The Labute approximate surface area is 155 Å². The second kappa shape index (κ2) is 7.91. The van der Waals surface area contributed by atoms with Crippen molar-refractivity contribution in [3.63, 3.8) is 0 Å². The molecule has 0 aromatic heterocycles. The van der Waals surface area contributed by atoms with Gasteiger partial charge in [0.05, 0.1) is 16.7 Å². The largest absolute Gasteiger partial charge is 0.417 e. The summed E-state index contributed by atoms with van der Waals surface area (Å²) in [6.45, 7) is 0. The van der Waals surface area contributed by atoms with E-state index in [1.165, 1.54) is 6.07 Å². The van der Waals surface area contributed by atoms with Crippen molar-refractivity contribution < 1.29 is 35.9 Å². The maximum absolute atomic E-state index is 13.0. The molecule has 2 amide bonds. The molecule has 0 aliphatic heterocycles. The molecule has 3 N–H and O–H groups in total. The van der Waals surface area contributed by atoms with Gasteiger partial charge in [-0.05, 0) is 29.8 Å². The van der Waals surface area contributed by atoms with Gasteiger partial charge in [-0.2, -0.15) is 26.3 Å². The lowest BCUT2D eigenvalue weighted by Gasteiger charge is -2.18. The lowest BCUT2D eigenvalue weighted by Crippen LogP contribution is -2.46. The number of hydrogen-bond donors (Lipinski definition) is 2. The molecule has 2 aromatic carbocycles. The Morgan fingerprint density at radius 2 is 1.46 bits per heavy atom. The van der Waals surface area contributed by atoms with Crippen LogP contribution in [0.15, 0.2) is 48.5 Å². The monoisotopic (exact) mass is 404 g/mol. The van der Waals surface area contributed by atoms with Crippen molar-refractivity contribution in [2.45, 2.75) is 24.8 Å². The molecular weight excluding hydrogens is 390 g/mol. The average molecular weight is 404 g/mol. The molecule has 0 bridgehead atoms. The zero-order valence-corrected chi connectivity index (χ0v) is 14.1. The van der Waals surface area contributed by atoms with E-state index in [1.807, 2.05) is 0 Å².